The second-order valence-electron chi connectivity index (χ2n) is 17.2. The minimum atomic E-state index is -1.59. The van der Waals surface area contributed by atoms with Crippen LogP contribution in [0.5, 0.6) is 0 Å². The van der Waals surface area contributed by atoms with Crippen molar-refractivity contribution in [1.82, 2.24) is 5.32 Å². The first-order valence-electron chi connectivity index (χ1n) is 26.4. The molecule has 70 heavy (non-hydrogen) atoms. The first-order valence-corrected chi connectivity index (χ1v) is 26.4. The predicted molar refractivity (Wildman–Crippen MR) is 294 cm³/mol. The highest BCUT2D eigenvalue weighted by molar-refractivity contribution is 5.76. The van der Waals surface area contributed by atoms with Crippen molar-refractivity contribution in [1.29, 1.82) is 0 Å². The minimum absolute atomic E-state index is 0.232. The number of allylic oxidation sites excluding steroid dienone is 27. The maximum absolute atomic E-state index is 12.9. The number of carbonyl (C=O) groups is 1. The Bertz CT molecular complexity index is 1690. The summed E-state index contributed by atoms with van der Waals surface area (Å²) in [7, 11) is 0. The highest BCUT2D eigenvalue weighted by Gasteiger charge is 2.44. The molecule has 1 amide bonds. The van der Waals surface area contributed by atoms with Gasteiger partial charge >= 0.3 is 0 Å². The lowest BCUT2D eigenvalue weighted by Crippen LogP contribution is -2.60. The quantitative estimate of drug-likeness (QED) is 0.0262. The number of nitrogens with one attached hydrogen (secondary N) is 1. The average molecular weight is 968 g/mol. The zero-order chi connectivity index (χ0) is 50.8. The van der Waals surface area contributed by atoms with Gasteiger partial charge in [-0.25, -0.2) is 0 Å². The van der Waals surface area contributed by atoms with E-state index in [2.05, 4.69) is 177 Å². The van der Waals surface area contributed by atoms with Gasteiger partial charge in [0, 0.05) is 6.42 Å². The Hall–Kier alpha value is -4.45. The summed E-state index contributed by atoms with van der Waals surface area (Å²) in [5, 5.41) is 53.9. The van der Waals surface area contributed by atoms with E-state index >= 15 is 0 Å². The molecular weight excluding hydrogens is 875 g/mol. The lowest BCUT2D eigenvalue weighted by Gasteiger charge is -2.40. The molecule has 7 unspecified atom stereocenters. The second-order valence-corrected chi connectivity index (χ2v) is 17.2. The van der Waals surface area contributed by atoms with E-state index in [4.69, 9.17) is 9.47 Å². The van der Waals surface area contributed by atoms with Gasteiger partial charge in [-0.05, 0) is 116 Å². The van der Waals surface area contributed by atoms with Crippen LogP contribution in [-0.2, 0) is 14.3 Å². The Morgan fingerprint density at radius 1 is 0.500 bits per heavy atom. The lowest BCUT2D eigenvalue weighted by atomic mass is 9.99. The molecule has 0 bridgehead atoms. The smallest absolute Gasteiger partial charge is 0.220 e. The van der Waals surface area contributed by atoms with Crippen molar-refractivity contribution in [3.05, 3.63) is 170 Å². The van der Waals surface area contributed by atoms with Gasteiger partial charge in [0.1, 0.15) is 24.4 Å². The molecule has 0 aromatic rings. The van der Waals surface area contributed by atoms with Crippen LogP contribution in [0.2, 0.25) is 0 Å². The van der Waals surface area contributed by atoms with Gasteiger partial charge in [-0.3, -0.25) is 4.79 Å². The van der Waals surface area contributed by atoms with Gasteiger partial charge in [-0.1, -0.05) is 197 Å². The predicted octanol–water partition coefficient (Wildman–Crippen LogP) is 12.7. The van der Waals surface area contributed by atoms with Crippen molar-refractivity contribution in [3.8, 4) is 0 Å². The molecule has 9 nitrogen and oxygen atoms in total. The zero-order valence-corrected chi connectivity index (χ0v) is 42.9. The Kier molecular flexibility index (Phi) is 43.8. The number of hydrogen-bond acceptors (Lipinski definition) is 8. The summed E-state index contributed by atoms with van der Waals surface area (Å²) in [6, 6.07) is -0.855. The van der Waals surface area contributed by atoms with Gasteiger partial charge in [0.25, 0.3) is 0 Å². The molecule has 1 rings (SSSR count). The fourth-order valence-electron chi connectivity index (χ4n) is 6.84. The van der Waals surface area contributed by atoms with Crippen molar-refractivity contribution >= 4 is 5.91 Å². The Labute approximate surface area is 424 Å². The van der Waals surface area contributed by atoms with Gasteiger partial charge in [0.05, 0.1) is 25.4 Å². The molecule has 6 N–H and O–H groups in total. The third kappa shape index (κ3) is 37.4. The third-order valence-corrected chi connectivity index (χ3v) is 11.0. The second kappa shape index (κ2) is 48.2. The molecule has 390 valence electrons. The molecule has 0 saturated carbocycles. The van der Waals surface area contributed by atoms with Crippen LogP contribution >= 0.6 is 0 Å². The molecule has 0 aromatic heterocycles. The molecule has 0 aliphatic carbocycles. The summed E-state index contributed by atoms with van der Waals surface area (Å²) >= 11 is 0. The van der Waals surface area contributed by atoms with E-state index in [9.17, 15) is 30.3 Å². The number of unbranched alkanes of at least 4 members (excludes halogenated alkanes) is 5. The van der Waals surface area contributed by atoms with Crippen LogP contribution in [-0.4, -0.2) is 87.5 Å². The van der Waals surface area contributed by atoms with Crippen LogP contribution in [0.4, 0.5) is 0 Å². The number of ether oxygens (including phenoxy) is 2. The van der Waals surface area contributed by atoms with Gasteiger partial charge in [-0.15, -0.1) is 0 Å². The molecule has 0 radical (unpaired) electrons. The van der Waals surface area contributed by atoms with E-state index in [1.54, 1.807) is 6.08 Å². The van der Waals surface area contributed by atoms with Crippen molar-refractivity contribution in [2.45, 2.75) is 192 Å². The van der Waals surface area contributed by atoms with Gasteiger partial charge in [-0.2, -0.15) is 0 Å². The molecule has 1 heterocycles. The molecule has 1 saturated heterocycles. The molecule has 0 aromatic carbocycles. The van der Waals surface area contributed by atoms with Crippen molar-refractivity contribution in [3.63, 3.8) is 0 Å². The van der Waals surface area contributed by atoms with E-state index in [0.717, 1.165) is 122 Å². The zero-order valence-electron chi connectivity index (χ0n) is 42.9. The van der Waals surface area contributed by atoms with Crippen molar-refractivity contribution in [2.75, 3.05) is 13.2 Å². The first-order chi connectivity index (χ1) is 34.3. The third-order valence-electron chi connectivity index (χ3n) is 11.0. The Balaban J connectivity index is 2.20. The number of amides is 1. The molecule has 1 aliphatic rings. The number of aliphatic hydroxyl groups is 5. The van der Waals surface area contributed by atoms with Crippen LogP contribution in [0.25, 0.3) is 0 Å². The summed E-state index contributed by atoms with van der Waals surface area (Å²) < 4.78 is 11.1. The highest BCUT2D eigenvalue weighted by Crippen LogP contribution is 2.22. The maximum Gasteiger partial charge on any atom is 0.220 e. The number of rotatable bonds is 41. The SMILES string of the molecule is CC/C=C\C/C=C\C/C=C\C/C=C\C/C=C\C/C=C\C/C=C\C/C=C\C/C=C\C/C=C\C/C=C\C/C=C\CCCCC(=O)NC(COC1OC(CO)C(O)C(O)C1O)C(O)/C=C/CC/C=C/CCCC. The van der Waals surface area contributed by atoms with E-state index in [1.807, 2.05) is 6.08 Å². The summed E-state index contributed by atoms with van der Waals surface area (Å²) in [6.45, 7) is 3.50. The van der Waals surface area contributed by atoms with Crippen LogP contribution in [0.1, 0.15) is 149 Å². The van der Waals surface area contributed by atoms with Crippen LogP contribution < -0.4 is 5.32 Å². The normalized spacial score (nSPS) is 20.8. The fourth-order valence-corrected chi connectivity index (χ4v) is 6.84. The van der Waals surface area contributed by atoms with Gasteiger partial charge < -0.3 is 40.3 Å². The minimum Gasteiger partial charge on any atom is -0.394 e. The summed E-state index contributed by atoms with van der Waals surface area (Å²) in [4.78, 5) is 12.9. The summed E-state index contributed by atoms with van der Waals surface area (Å²) in [5.41, 5.74) is 0. The van der Waals surface area contributed by atoms with Crippen molar-refractivity contribution < 1.29 is 39.8 Å². The first kappa shape index (κ1) is 63.6. The number of aliphatic hydroxyl groups excluding tert-OH is 5. The van der Waals surface area contributed by atoms with Crippen LogP contribution in [0, 0.1) is 0 Å². The standard InChI is InChI=1S/C61H93NO8/c1-3-5-7-9-11-13-14-15-16-17-18-19-20-21-22-23-24-25-26-27-28-29-30-31-32-33-34-35-36-37-38-39-40-41-42-43-45-47-49-51-57(65)62-54(55(64)50-48-46-44-12-10-8-6-4-2)53-69-61-60(68)59(67)58(66)56(52-63)70-61/h5,7,10-13,15-16,18-19,21-22,24-25,27-28,30-31,33-34,36-37,39-40,42-43,48,50,54-56,58-61,63-64,66-68H,3-4,6,8-9,14,17,20,23,26,29,32,35,38,41,44-47,49,51-53H2,1-2H3,(H,62,65)/b7-5-,12-10+,13-11-,16-15-,19-18-,22-21-,25-24-,28-27-,31-30-,34-33-,37-36-,40-39-,43-42-,50-48+. The fraction of sp³-hybridized carbons (Fsp3) is 0.525. The van der Waals surface area contributed by atoms with Gasteiger partial charge in [0.2, 0.25) is 5.91 Å². The average Bonchev–Trinajstić information content (AvgIpc) is 3.36. The number of hydrogen-bond donors (Lipinski definition) is 6. The summed E-state index contributed by atoms with van der Waals surface area (Å²) in [5.74, 6) is -0.242. The van der Waals surface area contributed by atoms with E-state index in [-0.39, 0.29) is 18.9 Å². The summed E-state index contributed by atoms with van der Waals surface area (Å²) in [6.07, 6.45) is 71.6. The van der Waals surface area contributed by atoms with E-state index < -0.39 is 49.5 Å². The molecule has 9 heteroatoms. The number of carbonyl (C=O) groups excluding carboxylic acids is 1. The topological polar surface area (TPSA) is 149 Å². The molecule has 7 atom stereocenters. The molecule has 1 aliphatic heterocycles. The molecule has 0 spiro atoms. The van der Waals surface area contributed by atoms with Crippen LogP contribution in [0.15, 0.2) is 170 Å². The Morgan fingerprint density at radius 3 is 1.31 bits per heavy atom. The van der Waals surface area contributed by atoms with Crippen molar-refractivity contribution in [2.24, 2.45) is 0 Å². The largest absolute Gasteiger partial charge is 0.394 e. The monoisotopic (exact) mass is 968 g/mol. The maximum atomic E-state index is 12.9. The highest BCUT2D eigenvalue weighted by atomic mass is 16.7. The molecule has 1 fully saturated rings. The molecular formula is C61H93NO8. The van der Waals surface area contributed by atoms with E-state index in [0.29, 0.717) is 6.42 Å². The van der Waals surface area contributed by atoms with E-state index in [1.165, 1.54) is 0 Å². The lowest BCUT2D eigenvalue weighted by molar-refractivity contribution is -0.302. The van der Waals surface area contributed by atoms with Gasteiger partial charge in [0.15, 0.2) is 6.29 Å². The van der Waals surface area contributed by atoms with Crippen LogP contribution in [0.3, 0.4) is 0 Å². The Morgan fingerprint density at radius 2 is 0.886 bits per heavy atom.